The number of rotatable bonds is 7. The number of allylic oxidation sites excluding steroid dienone is 4. The number of hydrogen-bond donors (Lipinski definition) is 0. The summed E-state index contributed by atoms with van der Waals surface area (Å²) in [6, 6.07) is 5.66. The number of aryl methyl sites for hydroxylation is 1. The zero-order valence-electron chi connectivity index (χ0n) is 18.5. The average molecular weight is 509 g/mol. The maximum Gasteiger partial charge on any atom is 0.573 e. The number of nitrogens with zero attached hydrogens (tertiary/aromatic N) is 4. The van der Waals surface area contributed by atoms with Crippen LogP contribution >= 0.6 is 11.6 Å². The van der Waals surface area contributed by atoms with Gasteiger partial charge in [0.15, 0.2) is 12.6 Å². The Labute approximate surface area is 202 Å². The molecule has 1 fully saturated rings. The van der Waals surface area contributed by atoms with E-state index < -0.39 is 18.0 Å². The maximum atomic E-state index is 12.6. The van der Waals surface area contributed by atoms with Crippen molar-refractivity contribution in [1.82, 2.24) is 19.9 Å². The first-order chi connectivity index (χ1) is 16.7. The van der Waals surface area contributed by atoms with Crippen LogP contribution in [-0.4, -0.2) is 38.9 Å². The fourth-order valence-electron chi connectivity index (χ4n) is 4.02. The van der Waals surface area contributed by atoms with Crippen molar-refractivity contribution in [2.24, 2.45) is 0 Å². The minimum absolute atomic E-state index is 0.142. The molecular weight excluding hydrogens is 489 g/mol. The zero-order chi connectivity index (χ0) is 24.7. The third kappa shape index (κ3) is 4.97. The molecule has 0 bridgehead atoms. The van der Waals surface area contributed by atoms with E-state index in [0.29, 0.717) is 17.9 Å². The largest absolute Gasteiger partial charge is 0.573 e. The molecule has 35 heavy (non-hydrogen) atoms. The topological polar surface area (TPSA) is 84.4 Å². The average Bonchev–Trinajstić information content (AvgIpc) is 3.41. The zero-order valence-corrected chi connectivity index (χ0v) is 19.2. The molecule has 0 amide bonds. The van der Waals surface area contributed by atoms with Crippen LogP contribution in [0.5, 0.6) is 0 Å². The number of hydrogen-bond acceptors (Lipinski definition) is 7. The highest BCUT2D eigenvalue weighted by molar-refractivity contribution is 6.32. The molecule has 5 rings (SSSR count). The molecule has 8 nitrogen and oxygen atoms in total. The van der Waals surface area contributed by atoms with Gasteiger partial charge in [0.2, 0.25) is 11.7 Å². The van der Waals surface area contributed by atoms with Crippen LogP contribution in [0.25, 0.3) is 22.3 Å². The number of aromatic nitrogens is 4. The fraction of sp³-hybridized carbons (Fsp3) is 0.348. The van der Waals surface area contributed by atoms with Gasteiger partial charge in [0.25, 0.3) is 0 Å². The van der Waals surface area contributed by atoms with Crippen LogP contribution in [0.15, 0.2) is 64.0 Å². The molecule has 0 radical (unpaired) electrons. The van der Waals surface area contributed by atoms with Crippen molar-refractivity contribution < 1.29 is 31.9 Å². The van der Waals surface area contributed by atoms with Crippen molar-refractivity contribution in [2.45, 2.75) is 51.2 Å². The Bertz CT molecular complexity index is 1320. The molecule has 1 aliphatic heterocycles. The first kappa shape index (κ1) is 23.6. The summed E-state index contributed by atoms with van der Waals surface area (Å²) in [4.78, 5) is 4.45. The van der Waals surface area contributed by atoms with Gasteiger partial charge < -0.3 is 18.7 Å². The van der Waals surface area contributed by atoms with Gasteiger partial charge >= 0.3 is 6.36 Å². The number of ether oxygens (including phenoxy) is 3. The lowest BCUT2D eigenvalue weighted by Crippen LogP contribution is -2.38. The van der Waals surface area contributed by atoms with Gasteiger partial charge in [-0.25, -0.2) is 0 Å². The van der Waals surface area contributed by atoms with E-state index >= 15 is 0 Å². The van der Waals surface area contributed by atoms with Crippen molar-refractivity contribution >= 4 is 22.5 Å². The van der Waals surface area contributed by atoms with Gasteiger partial charge in [-0.15, -0.1) is 13.2 Å². The molecule has 2 aliphatic rings. The summed E-state index contributed by atoms with van der Waals surface area (Å²) in [5.41, 5.74) is 1.87. The Balaban J connectivity index is 1.33. The van der Waals surface area contributed by atoms with E-state index in [2.05, 4.69) is 26.6 Å². The van der Waals surface area contributed by atoms with E-state index in [1.54, 1.807) is 6.20 Å². The van der Waals surface area contributed by atoms with E-state index in [-0.39, 0.29) is 29.1 Å². The highest BCUT2D eigenvalue weighted by atomic mass is 35.5. The molecular formula is C23H20ClF3N4O4. The van der Waals surface area contributed by atoms with Gasteiger partial charge in [-0.2, -0.15) is 10.1 Å². The fourth-order valence-corrected chi connectivity index (χ4v) is 4.24. The first-order valence-electron chi connectivity index (χ1n) is 10.8. The lowest BCUT2D eigenvalue weighted by molar-refractivity contribution is -0.377. The van der Waals surface area contributed by atoms with Crippen LogP contribution in [0.1, 0.15) is 31.6 Å². The summed E-state index contributed by atoms with van der Waals surface area (Å²) >= 11 is 5.99. The third-order valence-electron chi connectivity index (χ3n) is 5.62. The van der Waals surface area contributed by atoms with Crippen LogP contribution in [0.4, 0.5) is 13.2 Å². The van der Waals surface area contributed by atoms with E-state index in [1.807, 2.05) is 29.8 Å². The van der Waals surface area contributed by atoms with Crippen molar-refractivity contribution in [3.8, 4) is 11.4 Å². The lowest BCUT2D eigenvalue weighted by atomic mass is 9.95. The standard InChI is InChI=1S/C23H20ClF3N4O4/c1-12-9-19(34-23(25,26)27)17(24)10-15(12)22-29-21(30-35-22)14-5-3-6-18-16(14)11-28-31(18)8-4-7-20-32-13(2)33-20/h3,5-6,9-11,13,15,20H,1,4,7-8H2,2H3. The number of halogens is 4. The Morgan fingerprint density at radius 1 is 1.26 bits per heavy atom. The van der Waals surface area contributed by atoms with Crippen molar-refractivity contribution in [1.29, 1.82) is 0 Å². The molecule has 0 N–H and O–H groups in total. The molecule has 1 saturated heterocycles. The third-order valence-corrected chi connectivity index (χ3v) is 5.93. The lowest BCUT2D eigenvalue weighted by Gasteiger charge is -2.33. The van der Waals surface area contributed by atoms with Gasteiger partial charge in [-0.3, -0.25) is 4.68 Å². The van der Waals surface area contributed by atoms with E-state index in [1.165, 1.54) is 6.08 Å². The summed E-state index contributed by atoms with van der Waals surface area (Å²) in [6.45, 7) is 6.33. The molecule has 0 saturated carbocycles. The monoisotopic (exact) mass is 508 g/mol. The van der Waals surface area contributed by atoms with E-state index in [4.69, 9.17) is 25.6 Å². The molecule has 1 atom stereocenters. The number of alkyl halides is 3. The Morgan fingerprint density at radius 2 is 2.06 bits per heavy atom. The Morgan fingerprint density at radius 3 is 2.80 bits per heavy atom. The van der Waals surface area contributed by atoms with Gasteiger partial charge in [0.1, 0.15) is 5.76 Å². The van der Waals surface area contributed by atoms with E-state index in [0.717, 1.165) is 29.8 Å². The Hall–Kier alpha value is -3.15. The van der Waals surface area contributed by atoms with Gasteiger partial charge in [-0.05, 0) is 37.1 Å². The molecule has 1 aliphatic carbocycles. The Kier molecular flexibility index (Phi) is 6.16. The van der Waals surface area contributed by atoms with Gasteiger partial charge in [0.05, 0.1) is 22.7 Å². The predicted octanol–water partition coefficient (Wildman–Crippen LogP) is 5.78. The second-order valence-corrected chi connectivity index (χ2v) is 8.50. The predicted molar refractivity (Wildman–Crippen MR) is 119 cm³/mol. The van der Waals surface area contributed by atoms with Gasteiger partial charge in [-0.1, -0.05) is 35.5 Å². The van der Waals surface area contributed by atoms with Gasteiger partial charge in [0, 0.05) is 23.9 Å². The molecule has 0 spiro atoms. The van der Waals surface area contributed by atoms with Crippen LogP contribution < -0.4 is 0 Å². The molecule has 3 heterocycles. The minimum atomic E-state index is -4.87. The maximum absolute atomic E-state index is 12.6. The number of benzene rings is 1. The smallest absolute Gasteiger partial charge is 0.404 e. The molecule has 2 aromatic heterocycles. The van der Waals surface area contributed by atoms with E-state index in [9.17, 15) is 13.2 Å². The van der Waals surface area contributed by atoms with Crippen molar-refractivity contribution in [3.05, 3.63) is 65.4 Å². The molecule has 184 valence electrons. The highest BCUT2D eigenvalue weighted by Crippen LogP contribution is 2.38. The minimum Gasteiger partial charge on any atom is -0.404 e. The van der Waals surface area contributed by atoms with Crippen LogP contribution in [-0.2, 0) is 20.8 Å². The van der Waals surface area contributed by atoms with Crippen LogP contribution in [0.2, 0.25) is 0 Å². The summed E-state index contributed by atoms with van der Waals surface area (Å²) < 4.78 is 59.9. The SMILES string of the molecule is C=C1C=C(OC(F)(F)F)C(Cl)=CC1c1nc(-c2cccc3c2cnn3CCCC2OC(C)O2)no1. The van der Waals surface area contributed by atoms with Crippen LogP contribution in [0, 0.1) is 0 Å². The van der Waals surface area contributed by atoms with Crippen molar-refractivity contribution in [2.75, 3.05) is 0 Å². The molecule has 3 aromatic rings. The molecule has 1 aromatic carbocycles. The van der Waals surface area contributed by atoms with Crippen LogP contribution in [0.3, 0.4) is 0 Å². The summed E-state index contributed by atoms with van der Waals surface area (Å²) in [5.74, 6) is -0.772. The van der Waals surface area contributed by atoms with Crippen molar-refractivity contribution in [3.63, 3.8) is 0 Å². The molecule has 12 heteroatoms. The number of fused-ring (bicyclic) bond motifs is 1. The second-order valence-electron chi connectivity index (χ2n) is 8.10. The second kappa shape index (κ2) is 9.14. The molecule has 1 unspecified atom stereocenters. The highest BCUT2D eigenvalue weighted by Gasteiger charge is 2.35. The summed E-state index contributed by atoms with van der Waals surface area (Å²) in [6.07, 6.45) is 0.594. The summed E-state index contributed by atoms with van der Waals surface area (Å²) in [5, 5.41) is 9.16. The summed E-state index contributed by atoms with van der Waals surface area (Å²) in [7, 11) is 0. The quantitative estimate of drug-likeness (QED) is 0.400. The normalized spacial score (nSPS) is 22.7. The first-order valence-corrected chi connectivity index (χ1v) is 11.2.